The van der Waals surface area contributed by atoms with Gasteiger partial charge in [0.05, 0.1) is 7.11 Å². The Kier molecular flexibility index (Phi) is 10.1. The van der Waals surface area contributed by atoms with Gasteiger partial charge in [-0.2, -0.15) is 0 Å². The summed E-state index contributed by atoms with van der Waals surface area (Å²) in [4.78, 5) is 51.7. The summed E-state index contributed by atoms with van der Waals surface area (Å²) in [6.07, 6.45) is 4.95. The number of carbonyl (C=O) groups excluding carboxylic acids is 4. The van der Waals surface area contributed by atoms with E-state index >= 15 is 0 Å². The lowest BCUT2D eigenvalue weighted by Gasteiger charge is -2.32. The Morgan fingerprint density at radius 3 is 2.26 bits per heavy atom. The molecule has 0 aliphatic rings. The van der Waals surface area contributed by atoms with E-state index in [2.05, 4.69) is 21.4 Å². The highest BCUT2D eigenvalue weighted by atomic mass is 16.6. The van der Waals surface area contributed by atoms with Gasteiger partial charge in [-0.15, -0.1) is 0 Å². The van der Waals surface area contributed by atoms with Crippen LogP contribution in [0.4, 0.5) is 4.79 Å². The van der Waals surface area contributed by atoms with Crippen LogP contribution in [0.1, 0.15) is 57.4 Å². The first-order valence-electron chi connectivity index (χ1n) is 10.9. The number of methoxy groups -OCH3 is 1. The van der Waals surface area contributed by atoms with Crippen LogP contribution < -0.4 is 10.6 Å². The highest BCUT2D eigenvalue weighted by Crippen LogP contribution is 2.27. The fourth-order valence-electron chi connectivity index (χ4n) is 3.16. The number of carbonyl (C=O) groups is 4. The van der Waals surface area contributed by atoms with E-state index in [1.54, 1.807) is 46.8 Å². The van der Waals surface area contributed by atoms with E-state index < -0.39 is 48.1 Å². The minimum absolute atomic E-state index is 0.367. The predicted molar refractivity (Wildman–Crippen MR) is 127 cm³/mol. The molecule has 9 nitrogen and oxygen atoms in total. The molecule has 2 atom stereocenters. The van der Waals surface area contributed by atoms with Crippen molar-refractivity contribution in [1.82, 2.24) is 15.5 Å². The normalized spacial score (nSPS) is 12.7. The van der Waals surface area contributed by atoms with Gasteiger partial charge in [0.15, 0.2) is 0 Å². The molecule has 2 N–H and O–H groups in total. The number of aryl methyl sites for hydroxylation is 1. The number of terminal acetylenes is 1. The van der Waals surface area contributed by atoms with Crippen LogP contribution in [-0.2, 0) is 23.9 Å². The van der Waals surface area contributed by atoms with Crippen LogP contribution in [0.25, 0.3) is 0 Å². The zero-order chi connectivity index (χ0) is 26.2. The molecular formula is C25H35N3O6. The number of amides is 3. The molecule has 1 aromatic carbocycles. The molecule has 0 aliphatic heterocycles. The third-order valence-corrected chi connectivity index (χ3v) is 5.06. The summed E-state index contributed by atoms with van der Waals surface area (Å²) in [6, 6.07) is 5.29. The van der Waals surface area contributed by atoms with Gasteiger partial charge < -0.3 is 20.1 Å². The van der Waals surface area contributed by atoms with Crippen molar-refractivity contribution in [1.29, 1.82) is 0 Å². The number of alkyl carbamates (subject to hydrolysis) is 1. The molecule has 9 heteroatoms. The van der Waals surface area contributed by atoms with Crippen molar-refractivity contribution in [3.05, 3.63) is 34.9 Å². The molecule has 0 saturated carbocycles. The predicted octanol–water partition coefficient (Wildman–Crippen LogP) is 2.60. The third kappa shape index (κ3) is 7.80. The van der Waals surface area contributed by atoms with E-state index in [0.29, 0.717) is 5.56 Å². The van der Waals surface area contributed by atoms with Gasteiger partial charge in [-0.05, 0) is 57.2 Å². The van der Waals surface area contributed by atoms with Crippen LogP contribution in [0.2, 0.25) is 0 Å². The molecule has 2 unspecified atom stereocenters. The maximum absolute atomic E-state index is 13.6. The Bertz CT molecular complexity index is 958. The zero-order valence-electron chi connectivity index (χ0n) is 21.1. The fourth-order valence-corrected chi connectivity index (χ4v) is 3.16. The highest BCUT2D eigenvalue weighted by molar-refractivity contribution is 5.94. The summed E-state index contributed by atoms with van der Waals surface area (Å²) in [5.41, 5.74) is 1.37. The number of benzene rings is 1. The van der Waals surface area contributed by atoms with E-state index in [9.17, 15) is 19.2 Å². The van der Waals surface area contributed by atoms with Gasteiger partial charge in [0.1, 0.15) is 24.2 Å². The number of ether oxygens (including phenoxy) is 2. The first kappa shape index (κ1) is 28.5. The number of nitrogens with one attached hydrogen (secondary N) is 2. The van der Waals surface area contributed by atoms with Crippen LogP contribution in [0.5, 0.6) is 0 Å². The summed E-state index contributed by atoms with van der Waals surface area (Å²) in [5.74, 6) is -2.35. The lowest BCUT2D eigenvalue weighted by atomic mass is 9.94. The molecule has 0 radical (unpaired) electrons. The van der Waals surface area contributed by atoms with Gasteiger partial charge in [0.2, 0.25) is 5.91 Å². The monoisotopic (exact) mass is 473 g/mol. The second-order valence-electron chi connectivity index (χ2n) is 9.19. The van der Waals surface area contributed by atoms with Crippen LogP contribution in [0.3, 0.4) is 0 Å². The molecule has 0 aliphatic carbocycles. The quantitative estimate of drug-likeness (QED) is 0.341. The smallest absolute Gasteiger partial charge is 0.408 e. The molecule has 34 heavy (non-hydrogen) atoms. The minimum Gasteiger partial charge on any atom is -0.468 e. The van der Waals surface area contributed by atoms with Crippen molar-refractivity contribution in [3.63, 3.8) is 0 Å². The maximum atomic E-state index is 13.6. The van der Waals surface area contributed by atoms with Crippen molar-refractivity contribution in [2.45, 2.75) is 66.2 Å². The standard InChI is InChI=1S/C25H35N3O6/c1-10-28(23(31)20(15(2)3)27-24(32)34-25(6,7)8)21(22(30)26-14-19(29)33-9)18-13-11-12-16(4)17(18)5/h1,11-13,15,20-21H,14H2,2-9H3,(H,26,30)(H,27,32). The molecule has 3 amide bonds. The highest BCUT2D eigenvalue weighted by Gasteiger charge is 2.38. The van der Waals surface area contributed by atoms with Crippen molar-refractivity contribution in [2.75, 3.05) is 13.7 Å². The first-order chi connectivity index (χ1) is 15.7. The molecule has 1 aromatic rings. The SMILES string of the molecule is C#CN(C(=O)C(NC(=O)OC(C)(C)C)C(C)C)C(C(=O)NCC(=O)OC)c1cccc(C)c1C. The zero-order valence-corrected chi connectivity index (χ0v) is 21.1. The third-order valence-electron chi connectivity index (χ3n) is 5.06. The Morgan fingerprint density at radius 1 is 1.15 bits per heavy atom. The van der Waals surface area contributed by atoms with Gasteiger partial charge in [-0.25, -0.2) is 4.79 Å². The summed E-state index contributed by atoms with van der Waals surface area (Å²) in [5, 5.41) is 5.04. The molecule has 1 rings (SSSR count). The largest absolute Gasteiger partial charge is 0.468 e. The van der Waals surface area contributed by atoms with E-state index in [1.165, 1.54) is 7.11 Å². The number of rotatable bonds is 8. The summed E-state index contributed by atoms with van der Waals surface area (Å²) in [6.45, 7) is 11.9. The van der Waals surface area contributed by atoms with Gasteiger partial charge >= 0.3 is 12.1 Å². The average Bonchev–Trinajstić information content (AvgIpc) is 2.74. The number of nitrogens with zero attached hydrogens (tertiary/aromatic N) is 1. The minimum atomic E-state index is -1.25. The molecule has 0 saturated heterocycles. The van der Waals surface area contributed by atoms with Crippen molar-refractivity contribution in [3.8, 4) is 12.5 Å². The van der Waals surface area contributed by atoms with Crippen LogP contribution in [0.15, 0.2) is 18.2 Å². The summed E-state index contributed by atoms with van der Waals surface area (Å²) < 4.78 is 9.86. The molecule has 0 heterocycles. The molecular weight excluding hydrogens is 438 g/mol. The second kappa shape index (κ2) is 12.1. The Hall–Kier alpha value is -3.54. The van der Waals surface area contributed by atoms with Gasteiger partial charge in [0.25, 0.3) is 5.91 Å². The number of hydrogen-bond acceptors (Lipinski definition) is 6. The van der Waals surface area contributed by atoms with Gasteiger partial charge in [-0.1, -0.05) is 38.5 Å². The Morgan fingerprint density at radius 2 is 1.76 bits per heavy atom. The summed E-state index contributed by atoms with van der Waals surface area (Å²) >= 11 is 0. The van der Waals surface area contributed by atoms with Crippen molar-refractivity contribution >= 4 is 23.9 Å². The molecule has 0 spiro atoms. The van der Waals surface area contributed by atoms with Crippen LogP contribution >= 0.6 is 0 Å². The van der Waals surface area contributed by atoms with Crippen LogP contribution in [0, 0.1) is 32.2 Å². The summed E-state index contributed by atoms with van der Waals surface area (Å²) in [7, 11) is 1.20. The number of esters is 1. The topological polar surface area (TPSA) is 114 Å². The maximum Gasteiger partial charge on any atom is 0.408 e. The Balaban J connectivity index is 3.42. The molecule has 0 fully saturated rings. The van der Waals surface area contributed by atoms with Gasteiger partial charge in [-0.3, -0.25) is 19.3 Å². The molecule has 0 bridgehead atoms. The first-order valence-corrected chi connectivity index (χ1v) is 10.9. The second-order valence-corrected chi connectivity index (χ2v) is 9.19. The van der Waals surface area contributed by atoms with E-state index in [0.717, 1.165) is 16.0 Å². The Labute approximate surface area is 201 Å². The van der Waals surface area contributed by atoms with Crippen LogP contribution in [-0.4, -0.2) is 54.1 Å². The van der Waals surface area contributed by atoms with E-state index in [-0.39, 0.29) is 5.92 Å². The molecule has 186 valence electrons. The average molecular weight is 474 g/mol. The number of hydrogen-bond donors (Lipinski definition) is 2. The van der Waals surface area contributed by atoms with Gasteiger partial charge in [0, 0.05) is 6.04 Å². The van der Waals surface area contributed by atoms with Crippen molar-refractivity contribution in [2.24, 2.45) is 5.92 Å². The van der Waals surface area contributed by atoms with Crippen molar-refractivity contribution < 1.29 is 28.7 Å². The fraction of sp³-hybridized carbons (Fsp3) is 0.520. The lowest BCUT2D eigenvalue weighted by Crippen LogP contribution is -2.53. The molecule has 0 aromatic heterocycles. The van der Waals surface area contributed by atoms with E-state index in [4.69, 9.17) is 11.2 Å². The lowest BCUT2D eigenvalue weighted by molar-refractivity contribution is -0.143. The van der Waals surface area contributed by atoms with E-state index in [1.807, 2.05) is 19.9 Å².